The predicted molar refractivity (Wildman–Crippen MR) is 123 cm³/mol. The molecule has 1 heterocycles. The number of amides is 1. The van der Waals surface area contributed by atoms with Crippen molar-refractivity contribution in [1.29, 1.82) is 0 Å². The van der Waals surface area contributed by atoms with Gasteiger partial charge in [-0.25, -0.2) is 9.59 Å². The van der Waals surface area contributed by atoms with Crippen molar-refractivity contribution in [2.24, 2.45) is 0 Å². The molecule has 0 saturated carbocycles. The lowest BCUT2D eigenvalue weighted by molar-refractivity contribution is -0.152. The molecule has 32 heavy (non-hydrogen) atoms. The molecule has 0 saturated heterocycles. The summed E-state index contributed by atoms with van der Waals surface area (Å²) in [5, 5.41) is 10.1. The van der Waals surface area contributed by atoms with Gasteiger partial charge in [-0.3, -0.25) is 4.90 Å². The van der Waals surface area contributed by atoms with Crippen LogP contribution in [0.3, 0.4) is 0 Å². The number of halogens is 1. The van der Waals surface area contributed by atoms with Gasteiger partial charge in [0, 0.05) is 12.0 Å². The van der Waals surface area contributed by atoms with E-state index in [4.69, 9.17) is 9.15 Å². The number of hydrogen-bond acceptors (Lipinski definition) is 4. The molecular weight excluding hydrogens is 474 g/mol. The average molecular weight is 498 g/mol. The molecule has 1 amide bonds. The first kappa shape index (κ1) is 22.1. The van der Waals surface area contributed by atoms with Crippen LogP contribution in [0.25, 0.3) is 11.1 Å². The highest BCUT2D eigenvalue weighted by atomic mass is 79.9. The van der Waals surface area contributed by atoms with Crippen LogP contribution < -0.4 is 0 Å². The largest absolute Gasteiger partial charge is 0.479 e. The molecule has 1 atom stereocenters. The summed E-state index contributed by atoms with van der Waals surface area (Å²) in [6.45, 7) is 5.05. The minimum atomic E-state index is -1.73. The fraction of sp³-hybridized carbons (Fsp3) is 0.280. The Kier molecular flexibility index (Phi) is 5.86. The normalized spacial score (nSPS) is 14.5. The highest BCUT2D eigenvalue weighted by Crippen LogP contribution is 2.44. The van der Waals surface area contributed by atoms with Crippen LogP contribution in [-0.4, -0.2) is 34.7 Å². The van der Waals surface area contributed by atoms with Gasteiger partial charge >= 0.3 is 12.1 Å². The number of aliphatic carboxylic acids is 1. The number of fused-ring (bicyclic) bond motifs is 3. The van der Waals surface area contributed by atoms with E-state index >= 15 is 0 Å². The van der Waals surface area contributed by atoms with E-state index in [-0.39, 0.29) is 18.3 Å². The lowest BCUT2D eigenvalue weighted by Crippen LogP contribution is -2.55. The van der Waals surface area contributed by atoms with E-state index in [2.05, 4.69) is 28.1 Å². The highest BCUT2D eigenvalue weighted by molar-refractivity contribution is 9.10. The van der Waals surface area contributed by atoms with Gasteiger partial charge in [0.15, 0.2) is 10.2 Å². The molecular formula is C25H24BrNO5. The third kappa shape index (κ3) is 3.60. The van der Waals surface area contributed by atoms with Crippen LogP contribution in [0.2, 0.25) is 0 Å². The first-order chi connectivity index (χ1) is 15.2. The third-order valence-corrected chi connectivity index (χ3v) is 6.43. The maximum atomic E-state index is 13.3. The molecule has 7 heteroatoms. The van der Waals surface area contributed by atoms with Gasteiger partial charge in [0.05, 0.1) is 0 Å². The minimum absolute atomic E-state index is 0.105. The van der Waals surface area contributed by atoms with E-state index in [1.165, 1.54) is 11.8 Å². The van der Waals surface area contributed by atoms with E-state index in [0.717, 1.165) is 22.3 Å². The molecule has 1 aliphatic carbocycles. The number of carbonyl (C=O) groups is 2. The molecule has 3 aromatic rings. The summed E-state index contributed by atoms with van der Waals surface area (Å²) < 4.78 is 11.7. The van der Waals surface area contributed by atoms with Gasteiger partial charge in [-0.05, 0) is 71.1 Å². The van der Waals surface area contributed by atoms with Crippen molar-refractivity contribution in [2.45, 2.75) is 38.3 Å². The van der Waals surface area contributed by atoms with Crippen LogP contribution in [0.5, 0.6) is 0 Å². The minimum Gasteiger partial charge on any atom is -0.479 e. The first-order valence-corrected chi connectivity index (χ1v) is 11.2. The fourth-order valence-corrected chi connectivity index (χ4v) is 4.78. The molecule has 2 aromatic carbocycles. The Morgan fingerprint density at radius 3 is 2.09 bits per heavy atom. The molecule has 1 aromatic heterocycles. The van der Waals surface area contributed by atoms with E-state index in [1.807, 2.05) is 36.4 Å². The number of carboxylic acids is 1. The van der Waals surface area contributed by atoms with E-state index in [0.29, 0.717) is 4.67 Å². The summed E-state index contributed by atoms with van der Waals surface area (Å²) in [7, 11) is 0. The number of hydrogen-bond donors (Lipinski definition) is 1. The number of benzene rings is 2. The molecule has 0 aliphatic heterocycles. The maximum Gasteiger partial charge on any atom is 0.411 e. The standard InChI is InChI=1S/C25H24BrNO5/c1-15(2)27(25(3,23(28)29)21-12-13-22(26)32-21)24(30)31-14-20-18-10-6-4-8-16(18)17-9-5-7-11-19(17)20/h4-13,15,20H,14H2,1-3H3,(H,28,29). The average Bonchev–Trinajstić information content (AvgIpc) is 3.33. The molecule has 166 valence electrons. The number of carbonyl (C=O) groups excluding carboxylic acids is 1. The number of furan rings is 1. The van der Waals surface area contributed by atoms with Crippen LogP contribution in [0, 0.1) is 0 Å². The predicted octanol–water partition coefficient (Wildman–Crippen LogP) is 6.00. The van der Waals surface area contributed by atoms with Crippen LogP contribution in [-0.2, 0) is 15.1 Å². The Balaban J connectivity index is 1.63. The van der Waals surface area contributed by atoms with E-state index < -0.39 is 23.6 Å². The lowest BCUT2D eigenvalue weighted by Gasteiger charge is -2.38. The summed E-state index contributed by atoms with van der Waals surface area (Å²) in [6, 6.07) is 18.8. The van der Waals surface area contributed by atoms with Crippen LogP contribution >= 0.6 is 15.9 Å². The molecule has 4 rings (SSSR count). The van der Waals surface area contributed by atoms with Crippen LogP contribution in [0.1, 0.15) is 43.6 Å². The van der Waals surface area contributed by atoms with E-state index in [1.54, 1.807) is 26.0 Å². The first-order valence-electron chi connectivity index (χ1n) is 10.4. The molecule has 1 aliphatic rings. The molecule has 0 spiro atoms. The van der Waals surface area contributed by atoms with Gasteiger partial charge in [-0.2, -0.15) is 0 Å². The SMILES string of the molecule is CC(C)N(C(=O)OCC1c2ccccc2-c2ccccc21)C(C)(C(=O)O)c1ccc(Br)o1. The quantitative estimate of drug-likeness (QED) is 0.451. The fourth-order valence-electron chi connectivity index (χ4n) is 4.48. The smallest absolute Gasteiger partial charge is 0.411 e. The van der Waals surface area contributed by atoms with E-state index in [9.17, 15) is 14.7 Å². The number of nitrogens with zero attached hydrogens (tertiary/aromatic N) is 1. The van der Waals surface area contributed by atoms with Gasteiger partial charge in [0.2, 0.25) is 0 Å². The van der Waals surface area contributed by atoms with Gasteiger partial charge in [-0.15, -0.1) is 0 Å². The molecule has 0 fully saturated rings. The Hall–Kier alpha value is -3.06. The zero-order valence-corrected chi connectivity index (χ0v) is 19.6. The summed E-state index contributed by atoms with van der Waals surface area (Å²) in [5.41, 5.74) is 2.70. The Labute approximate surface area is 194 Å². The van der Waals surface area contributed by atoms with Crippen molar-refractivity contribution >= 4 is 28.0 Å². The van der Waals surface area contributed by atoms with Crippen molar-refractivity contribution in [3.8, 4) is 11.1 Å². The summed E-state index contributed by atoms with van der Waals surface area (Å²) >= 11 is 3.21. The summed E-state index contributed by atoms with van der Waals surface area (Å²) in [5.74, 6) is -1.19. The second-order valence-electron chi connectivity index (χ2n) is 8.25. The van der Waals surface area contributed by atoms with Crippen LogP contribution in [0.15, 0.2) is 69.8 Å². The summed E-state index contributed by atoms with van der Waals surface area (Å²) in [4.78, 5) is 26.8. The Morgan fingerprint density at radius 2 is 1.62 bits per heavy atom. The van der Waals surface area contributed by atoms with Gasteiger partial charge in [-0.1, -0.05) is 48.5 Å². The third-order valence-electron chi connectivity index (χ3n) is 6.00. The number of rotatable bonds is 6. The second kappa shape index (κ2) is 8.47. The maximum absolute atomic E-state index is 13.3. The molecule has 0 radical (unpaired) electrons. The molecule has 1 unspecified atom stereocenters. The highest BCUT2D eigenvalue weighted by Gasteiger charge is 2.49. The van der Waals surface area contributed by atoms with Crippen LogP contribution in [0.4, 0.5) is 4.79 Å². The lowest BCUT2D eigenvalue weighted by atomic mass is 9.95. The van der Waals surface area contributed by atoms with Crippen molar-refractivity contribution in [2.75, 3.05) is 6.61 Å². The number of ether oxygens (including phenoxy) is 1. The molecule has 0 bridgehead atoms. The Morgan fingerprint density at radius 1 is 1.06 bits per heavy atom. The Bertz CT molecular complexity index is 1120. The second-order valence-corrected chi connectivity index (χ2v) is 9.03. The van der Waals surface area contributed by atoms with Gasteiger partial charge in [0.1, 0.15) is 12.4 Å². The van der Waals surface area contributed by atoms with Crippen molar-refractivity contribution < 1.29 is 23.8 Å². The molecule has 1 N–H and O–H groups in total. The topological polar surface area (TPSA) is 80.0 Å². The zero-order chi connectivity index (χ0) is 23.0. The van der Waals surface area contributed by atoms with Crippen molar-refractivity contribution in [3.05, 3.63) is 82.2 Å². The van der Waals surface area contributed by atoms with Gasteiger partial charge < -0.3 is 14.3 Å². The molecule has 6 nitrogen and oxygen atoms in total. The van der Waals surface area contributed by atoms with Gasteiger partial charge in [0.25, 0.3) is 0 Å². The summed E-state index contributed by atoms with van der Waals surface area (Å²) in [6.07, 6.45) is -0.709. The zero-order valence-electron chi connectivity index (χ0n) is 18.0. The van der Waals surface area contributed by atoms with Crippen molar-refractivity contribution in [1.82, 2.24) is 4.90 Å². The number of carboxylic acid groups (broad SMARTS) is 1. The monoisotopic (exact) mass is 497 g/mol. The van der Waals surface area contributed by atoms with Crippen molar-refractivity contribution in [3.63, 3.8) is 0 Å².